The Morgan fingerprint density at radius 1 is 1.09 bits per heavy atom. The van der Waals surface area contributed by atoms with Gasteiger partial charge >= 0.3 is 0 Å². The van der Waals surface area contributed by atoms with Crippen LogP contribution in [0.25, 0.3) is 21.8 Å². The summed E-state index contributed by atoms with van der Waals surface area (Å²) in [6, 6.07) is 15.5. The maximum absolute atomic E-state index is 12.6. The molecule has 0 radical (unpaired) electrons. The van der Waals surface area contributed by atoms with Crippen molar-refractivity contribution in [2.75, 3.05) is 24.5 Å². The Morgan fingerprint density at radius 2 is 1.97 bits per heavy atom. The summed E-state index contributed by atoms with van der Waals surface area (Å²) in [5.41, 5.74) is 1.39. The summed E-state index contributed by atoms with van der Waals surface area (Å²) in [5, 5.41) is 5.89. The van der Waals surface area contributed by atoms with E-state index in [9.17, 15) is 9.59 Å². The van der Waals surface area contributed by atoms with Crippen LogP contribution in [0.5, 0.6) is 0 Å². The van der Waals surface area contributed by atoms with E-state index in [0.717, 1.165) is 53.6 Å². The van der Waals surface area contributed by atoms with E-state index >= 15 is 0 Å². The van der Waals surface area contributed by atoms with E-state index in [-0.39, 0.29) is 24.2 Å². The number of hydrogen-bond acceptors (Lipinski definition) is 5. The first-order chi connectivity index (χ1) is 15.7. The Morgan fingerprint density at radius 3 is 2.88 bits per heavy atom. The van der Waals surface area contributed by atoms with E-state index in [4.69, 9.17) is 0 Å². The lowest BCUT2D eigenvalue weighted by atomic mass is 9.92. The fourth-order valence-corrected chi connectivity index (χ4v) is 4.54. The molecule has 1 unspecified atom stereocenters. The third kappa shape index (κ3) is 4.19. The average molecular weight is 428 g/mol. The van der Waals surface area contributed by atoms with Crippen molar-refractivity contribution in [3.63, 3.8) is 0 Å². The molecule has 1 fully saturated rings. The number of nitrogens with zero attached hydrogens (tertiary/aromatic N) is 3. The van der Waals surface area contributed by atoms with Gasteiger partial charge in [0.1, 0.15) is 17.8 Å². The Labute approximate surface area is 185 Å². The zero-order valence-corrected chi connectivity index (χ0v) is 17.8. The molecule has 3 heterocycles. The summed E-state index contributed by atoms with van der Waals surface area (Å²) in [6.07, 6.45) is 5.91. The van der Waals surface area contributed by atoms with Gasteiger partial charge in [-0.05, 0) is 47.7 Å². The van der Waals surface area contributed by atoms with Crippen molar-refractivity contribution in [2.24, 2.45) is 5.92 Å². The Hall–Kier alpha value is -3.74. The van der Waals surface area contributed by atoms with Crippen molar-refractivity contribution in [2.45, 2.75) is 19.3 Å². The minimum atomic E-state index is -0.217. The summed E-state index contributed by atoms with van der Waals surface area (Å²) < 4.78 is 0. The summed E-state index contributed by atoms with van der Waals surface area (Å²) in [7, 11) is 0. The predicted molar refractivity (Wildman–Crippen MR) is 125 cm³/mol. The number of benzene rings is 2. The molecule has 32 heavy (non-hydrogen) atoms. The molecule has 7 nitrogen and oxygen atoms in total. The molecule has 162 valence electrons. The second-order valence-corrected chi connectivity index (χ2v) is 8.38. The molecule has 4 aromatic rings. The number of aromatic nitrogens is 3. The fourth-order valence-electron chi connectivity index (χ4n) is 4.54. The van der Waals surface area contributed by atoms with E-state index in [0.29, 0.717) is 12.0 Å². The lowest BCUT2D eigenvalue weighted by molar-refractivity contribution is -0.119. The number of rotatable bonds is 6. The number of H-pyrrole nitrogens is 1. The molecule has 1 atom stereocenters. The van der Waals surface area contributed by atoms with Crippen LogP contribution in [-0.4, -0.2) is 46.3 Å². The van der Waals surface area contributed by atoms with Gasteiger partial charge in [-0.25, -0.2) is 9.97 Å². The number of amides is 1. The minimum absolute atomic E-state index is 0.0533. The standard InChI is InChI=1S/C25H25N5O2/c31-21(14-27-25(32)20-8-7-18-5-1-2-6-19(18)13-20)12-17-4-3-11-30(15-17)24-22-9-10-26-23(22)28-16-29-24/h1-2,5-10,13,16-17H,3-4,11-12,14-15H2,(H,27,32)(H,26,28,29). The van der Waals surface area contributed by atoms with Crippen molar-refractivity contribution < 1.29 is 9.59 Å². The summed E-state index contributed by atoms with van der Waals surface area (Å²) in [5.74, 6) is 1.00. The molecular formula is C25H25N5O2. The molecule has 1 amide bonds. The quantitative estimate of drug-likeness (QED) is 0.489. The van der Waals surface area contributed by atoms with Crippen LogP contribution in [0.3, 0.4) is 0 Å². The number of fused-ring (bicyclic) bond motifs is 2. The molecular weight excluding hydrogens is 402 g/mol. The molecule has 0 spiro atoms. The van der Waals surface area contributed by atoms with Crippen LogP contribution in [-0.2, 0) is 4.79 Å². The fraction of sp³-hybridized carbons (Fsp3) is 0.280. The molecule has 2 aromatic heterocycles. The van der Waals surface area contributed by atoms with Gasteiger partial charge in [0, 0.05) is 31.3 Å². The van der Waals surface area contributed by atoms with Gasteiger partial charge in [-0.3, -0.25) is 9.59 Å². The summed E-state index contributed by atoms with van der Waals surface area (Å²) in [4.78, 5) is 39.2. The second-order valence-electron chi connectivity index (χ2n) is 8.38. The SMILES string of the molecule is O=C(CNC(=O)c1ccc2ccccc2c1)CC1CCCN(c2ncnc3[nH]ccc23)C1. The number of carbonyl (C=O) groups is 2. The van der Waals surface area contributed by atoms with Crippen LogP contribution in [0.4, 0.5) is 5.82 Å². The zero-order chi connectivity index (χ0) is 21.9. The van der Waals surface area contributed by atoms with Crippen LogP contribution in [0.1, 0.15) is 29.6 Å². The molecule has 0 bridgehead atoms. The number of carbonyl (C=O) groups excluding carboxylic acids is 2. The Balaban J connectivity index is 1.17. The number of anilines is 1. The van der Waals surface area contributed by atoms with Gasteiger partial charge in [0.05, 0.1) is 11.9 Å². The van der Waals surface area contributed by atoms with Crippen LogP contribution in [0.2, 0.25) is 0 Å². The van der Waals surface area contributed by atoms with E-state index in [1.165, 1.54) is 0 Å². The normalized spacial score (nSPS) is 16.4. The third-order valence-electron chi connectivity index (χ3n) is 6.13. The van der Waals surface area contributed by atoms with E-state index in [1.807, 2.05) is 48.7 Å². The first kappa shape index (κ1) is 20.2. The van der Waals surface area contributed by atoms with Gasteiger partial charge in [-0.15, -0.1) is 0 Å². The molecule has 0 saturated carbocycles. The number of ketones is 1. The molecule has 1 aliphatic rings. The van der Waals surface area contributed by atoms with Gasteiger partial charge in [-0.2, -0.15) is 0 Å². The van der Waals surface area contributed by atoms with Crippen molar-refractivity contribution >= 4 is 39.3 Å². The van der Waals surface area contributed by atoms with Gasteiger partial charge in [0.2, 0.25) is 0 Å². The van der Waals surface area contributed by atoms with Crippen molar-refractivity contribution in [3.8, 4) is 0 Å². The maximum atomic E-state index is 12.6. The second kappa shape index (κ2) is 8.78. The highest BCUT2D eigenvalue weighted by Gasteiger charge is 2.24. The van der Waals surface area contributed by atoms with Gasteiger partial charge < -0.3 is 15.2 Å². The van der Waals surface area contributed by atoms with Gasteiger partial charge in [0.15, 0.2) is 5.78 Å². The molecule has 0 aliphatic carbocycles. The van der Waals surface area contributed by atoms with Crippen LogP contribution in [0, 0.1) is 5.92 Å². The van der Waals surface area contributed by atoms with Crippen molar-refractivity contribution in [1.29, 1.82) is 0 Å². The lowest BCUT2D eigenvalue weighted by Gasteiger charge is -2.33. The third-order valence-corrected chi connectivity index (χ3v) is 6.13. The average Bonchev–Trinajstić information content (AvgIpc) is 3.31. The topological polar surface area (TPSA) is 91.0 Å². The Bertz CT molecular complexity index is 1280. The van der Waals surface area contributed by atoms with E-state index in [2.05, 4.69) is 25.2 Å². The summed E-state index contributed by atoms with van der Waals surface area (Å²) in [6.45, 7) is 1.75. The monoisotopic (exact) mass is 427 g/mol. The number of Topliss-reactive ketones (excluding diaryl/α,β-unsaturated/α-hetero) is 1. The highest BCUT2D eigenvalue weighted by Crippen LogP contribution is 2.28. The number of nitrogens with one attached hydrogen (secondary N) is 2. The number of piperidine rings is 1. The molecule has 2 N–H and O–H groups in total. The Kier molecular flexibility index (Phi) is 5.54. The number of hydrogen-bond donors (Lipinski definition) is 2. The molecule has 5 rings (SSSR count). The largest absolute Gasteiger partial charge is 0.356 e. The maximum Gasteiger partial charge on any atom is 0.251 e. The molecule has 1 aliphatic heterocycles. The van der Waals surface area contributed by atoms with Crippen LogP contribution < -0.4 is 10.2 Å². The van der Waals surface area contributed by atoms with Gasteiger partial charge in [0.25, 0.3) is 5.91 Å². The number of aromatic amines is 1. The zero-order valence-electron chi connectivity index (χ0n) is 17.8. The van der Waals surface area contributed by atoms with Crippen molar-refractivity contribution in [1.82, 2.24) is 20.3 Å². The van der Waals surface area contributed by atoms with Crippen LogP contribution in [0.15, 0.2) is 61.1 Å². The molecule has 2 aromatic carbocycles. The van der Waals surface area contributed by atoms with E-state index in [1.54, 1.807) is 12.4 Å². The van der Waals surface area contributed by atoms with Crippen LogP contribution >= 0.6 is 0 Å². The first-order valence-electron chi connectivity index (χ1n) is 11.0. The molecule has 7 heteroatoms. The summed E-state index contributed by atoms with van der Waals surface area (Å²) >= 11 is 0. The molecule has 1 saturated heterocycles. The minimum Gasteiger partial charge on any atom is -0.356 e. The highest BCUT2D eigenvalue weighted by molar-refractivity contribution is 6.00. The van der Waals surface area contributed by atoms with Gasteiger partial charge in [-0.1, -0.05) is 30.3 Å². The highest BCUT2D eigenvalue weighted by atomic mass is 16.2. The smallest absolute Gasteiger partial charge is 0.251 e. The lowest BCUT2D eigenvalue weighted by Crippen LogP contribution is -2.38. The predicted octanol–water partition coefficient (Wildman–Crippen LogP) is 3.72. The van der Waals surface area contributed by atoms with Crippen molar-refractivity contribution in [3.05, 3.63) is 66.6 Å². The first-order valence-corrected chi connectivity index (χ1v) is 11.0. The van der Waals surface area contributed by atoms with E-state index < -0.39 is 0 Å².